The molecule has 0 atom stereocenters. The van der Waals surface area contributed by atoms with Crippen molar-refractivity contribution in [3.63, 3.8) is 0 Å². The fraction of sp³-hybridized carbons (Fsp3) is 0.286. The third-order valence-corrected chi connectivity index (χ3v) is 3.42. The minimum Gasteiger partial charge on any atom is -0.454 e. The molecule has 4 rings (SSSR count). The lowest BCUT2D eigenvalue weighted by Gasteiger charge is -2.03. The van der Waals surface area contributed by atoms with E-state index in [0.29, 0.717) is 12.4 Å². The average Bonchev–Trinajstić information content (AvgIpc) is 3.27. The van der Waals surface area contributed by atoms with E-state index in [9.17, 15) is 0 Å². The van der Waals surface area contributed by atoms with Crippen molar-refractivity contribution < 1.29 is 9.47 Å². The quantitative estimate of drug-likeness (QED) is 0.723. The van der Waals surface area contributed by atoms with E-state index in [4.69, 9.17) is 9.47 Å². The lowest BCUT2D eigenvalue weighted by atomic mass is 10.2. The highest BCUT2D eigenvalue weighted by atomic mass is 16.7. The Kier molecular flexibility index (Phi) is 2.99. The summed E-state index contributed by atoms with van der Waals surface area (Å²) in [6.45, 7) is 3.51. The molecule has 3 heterocycles. The molecule has 3 aromatic rings. The highest BCUT2D eigenvalue weighted by Gasteiger charge is 2.17. The second-order valence-corrected chi connectivity index (χ2v) is 4.83. The van der Waals surface area contributed by atoms with Gasteiger partial charge in [-0.1, -0.05) is 0 Å². The summed E-state index contributed by atoms with van der Waals surface area (Å²) < 4.78 is 14.3. The molecule has 0 bridgehead atoms. The number of aryl methyl sites for hydroxylation is 1. The molecule has 22 heavy (non-hydrogen) atoms. The van der Waals surface area contributed by atoms with Gasteiger partial charge >= 0.3 is 0 Å². The predicted octanol–water partition coefficient (Wildman–Crippen LogP) is 1.33. The van der Waals surface area contributed by atoms with Gasteiger partial charge in [-0.3, -0.25) is 0 Å². The Morgan fingerprint density at radius 3 is 2.95 bits per heavy atom. The molecule has 0 amide bonds. The number of fused-ring (bicyclic) bond motifs is 1. The van der Waals surface area contributed by atoms with Crippen LogP contribution in [0.1, 0.15) is 12.7 Å². The summed E-state index contributed by atoms with van der Waals surface area (Å²) in [5.74, 6) is 2.99. The van der Waals surface area contributed by atoms with Crippen LogP contribution in [0.15, 0.2) is 30.9 Å². The third kappa shape index (κ3) is 2.18. The fourth-order valence-electron chi connectivity index (χ4n) is 2.38. The molecule has 1 aromatic carbocycles. The van der Waals surface area contributed by atoms with E-state index < -0.39 is 0 Å². The van der Waals surface area contributed by atoms with E-state index >= 15 is 0 Å². The van der Waals surface area contributed by atoms with Crippen LogP contribution in [0.25, 0.3) is 11.4 Å². The zero-order chi connectivity index (χ0) is 14.9. The average molecular weight is 298 g/mol. The first kappa shape index (κ1) is 12.8. The molecule has 0 fully saturated rings. The molecule has 112 valence electrons. The van der Waals surface area contributed by atoms with Crippen molar-refractivity contribution in [2.45, 2.75) is 20.0 Å². The zero-order valence-electron chi connectivity index (χ0n) is 12.0. The van der Waals surface area contributed by atoms with Crippen molar-refractivity contribution in [2.24, 2.45) is 0 Å². The molecule has 0 spiro atoms. The van der Waals surface area contributed by atoms with Gasteiger partial charge in [0.1, 0.15) is 19.2 Å². The monoisotopic (exact) mass is 298 g/mol. The van der Waals surface area contributed by atoms with Gasteiger partial charge in [-0.15, -0.1) is 0 Å². The second kappa shape index (κ2) is 5.14. The number of nitrogens with zero attached hydrogens (tertiary/aromatic N) is 6. The van der Waals surface area contributed by atoms with Crippen molar-refractivity contribution in [1.82, 2.24) is 29.5 Å². The Morgan fingerprint density at radius 1 is 1.23 bits per heavy atom. The van der Waals surface area contributed by atoms with Crippen molar-refractivity contribution in [1.29, 1.82) is 0 Å². The molecular formula is C14H14N6O2. The maximum absolute atomic E-state index is 5.42. The van der Waals surface area contributed by atoms with Crippen LogP contribution in [-0.2, 0) is 13.1 Å². The summed E-state index contributed by atoms with van der Waals surface area (Å²) >= 11 is 0. The topological polar surface area (TPSA) is 79.9 Å². The molecule has 1 aliphatic rings. The van der Waals surface area contributed by atoms with E-state index in [1.165, 1.54) is 6.33 Å². The van der Waals surface area contributed by atoms with Gasteiger partial charge in [0.05, 0.1) is 0 Å². The fourth-order valence-corrected chi connectivity index (χ4v) is 2.38. The first-order valence-electron chi connectivity index (χ1n) is 6.99. The van der Waals surface area contributed by atoms with Crippen molar-refractivity contribution >= 4 is 0 Å². The molecule has 0 aliphatic carbocycles. The third-order valence-electron chi connectivity index (χ3n) is 3.42. The molecule has 8 heteroatoms. The summed E-state index contributed by atoms with van der Waals surface area (Å²) in [4.78, 5) is 8.54. The predicted molar refractivity (Wildman–Crippen MR) is 76.4 cm³/mol. The Labute approximate surface area is 126 Å². The molecule has 0 N–H and O–H groups in total. The molecule has 0 radical (unpaired) electrons. The summed E-state index contributed by atoms with van der Waals surface area (Å²) in [5.41, 5.74) is 0.948. The van der Waals surface area contributed by atoms with Gasteiger partial charge in [0, 0.05) is 12.1 Å². The highest BCUT2D eigenvalue weighted by molar-refractivity contribution is 5.61. The summed E-state index contributed by atoms with van der Waals surface area (Å²) in [6.07, 6.45) is 3.14. The Bertz CT molecular complexity index is 796. The number of rotatable bonds is 4. The van der Waals surface area contributed by atoms with E-state index in [2.05, 4.69) is 20.2 Å². The summed E-state index contributed by atoms with van der Waals surface area (Å²) in [6, 6.07) is 5.78. The van der Waals surface area contributed by atoms with Crippen molar-refractivity contribution in [2.75, 3.05) is 6.79 Å². The van der Waals surface area contributed by atoms with E-state index in [1.54, 1.807) is 11.0 Å². The molecular weight excluding hydrogens is 284 g/mol. The molecule has 0 saturated heterocycles. The normalized spacial score (nSPS) is 12.8. The van der Waals surface area contributed by atoms with Crippen LogP contribution in [0, 0.1) is 0 Å². The maximum Gasteiger partial charge on any atom is 0.231 e. The van der Waals surface area contributed by atoms with Crippen LogP contribution in [0.3, 0.4) is 0 Å². The Balaban J connectivity index is 1.70. The van der Waals surface area contributed by atoms with Crippen molar-refractivity contribution in [3.05, 3.63) is 36.7 Å². The van der Waals surface area contributed by atoms with Crippen LogP contribution >= 0.6 is 0 Å². The standard InChI is InChI=1S/C14H14N6O2/c1-2-20-14(10-3-4-11-12(5-10)22-9-21-11)17-13(18-20)6-19-8-15-7-16-19/h3-5,7-8H,2,6,9H2,1H3. The number of aromatic nitrogens is 6. The lowest BCUT2D eigenvalue weighted by Crippen LogP contribution is -2.03. The van der Waals surface area contributed by atoms with Crippen LogP contribution in [0.4, 0.5) is 0 Å². The van der Waals surface area contributed by atoms with E-state index in [-0.39, 0.29) is 6.79 Å². The number of ether oxygens (including phenoxy) is 2. The van der Waals surface area contributed by atoms with Gasteiger partial charge in [0.25, 0.3) is 0 Å². The minimum atomic E-state index is 0.261. The first-order valence-corrected chi connectivity index (χ1v) is 6.99. The van der Waals surface area contributed by atoms with Crippen molar-refractivity contribution in [3.8, 4) is 22.9 Å². The smallest absolute Gasteiger partial charge is 0.231 e. The largest absolute Gasteiger partial charge is 0.454 e. The Hall–Kier alpha value is -2.90. The first-order chi connectivity index (χ1) is 10.8. The molecule has 8 nitrogen and oxygen atoms in total. The molecule has 0 saturated carbocycles. The zero-order valence-corrected chi connectivity index (χ0v) is 12.0. The minimum absolute atomic E-state index is 0.261. The molecule has 1 aliphatic heterocycles. The number of hydrogen-bond donors (Lipinski definition) is 0. The molecule has 0 unspecified atom stereocenters. The van der Waals surface area contributed by atoms with Crippen LogP contribution < -0.4 is 9.47 Å². The second-order valence-electron chi connectivity index (χ2n) is 4.83. The molecule has 2 aromatic heterocycles. The Morgan fingerprint density at radius 2 is 2.14 bits per heavy atom. The van der Waals surface area contributed by atoms with E-state index in [1.807, 2.05) is 29.8 Å². The van der Waals surface area contributed by atoms with Gasteiger partial charge in [0.15, 0.2) is 23.1 Å². The highest BCUT2D eigenvalue weighted by Crippen LogP contribution is 2.35. The van der Waals surface area contributed by atoms with Crippen LogP contribution in [0.2, 0.25) is 0 Å². The van der Waals surface area contributed by atoms with Crippen LogP contribution in [-0.4, -0.2) is 36.3 Å². The van der Waals surface area contributed by atoms with Crippen LogP contribution in [0.5, 0.6) is 11.5 Å². The summed E-state index contributed by atoms with van der Waals surface area (Å²) in [5, 5.41) is 8.59. The summed E-state index contributed by atoms with van der Waals surface area (Å²) in [7, 11) is 0. The van der Waals surface area contributed by atoms with Gasteiger partial charge < -0.3 is 9.47 Å². The van der Waals surface area contributed by atoms with Gasteiger partial charge in [-0.2, -0.15) is 10.2 Å². The number of hydrogen-bond acceptors (Lipinski definition) is 6. The SMILES string of the molecule is CCn1nc(Cn2cncn2)nc1-c1ccc2c(c1)OCO2. The van der Waals surface area contributed by atoms with Gasteiger partial charge in [-0.05, 0) is 25.1 Å². The number of benzene rings is 1. The van der Waals surface area contributed by atoms with Gasteiger partial charge in [-0.25, -0.2) is 19.3 Å². The van der Waals surface area contributed by atoms with E-state index in [0.717, 1.165) is 29.4 Å². The van der Waals surface area contributed by atoms with Gasteiger partial charge in [0.2, 0.25) is 6.79 Å². The lowest BCUT2D eigenvalue weighted by molar-refractivity contribution is 0.174. The maximum atomic E-state index is 5.42.